The van der Waals surface area contributed by atoms with Crippen LogP contribution in [0.15, 0.2) is 66.9 Å². The van der Waals surface area contributed by atoms with Gasteiger partial charge >= 0.3 is 5.97 Å². The number of rotatable bonds is 7. The highest BCUT2D eigenvalue weighted by Crippen LogP contribution is 2.31. The highest BCUT2D eigenvalue weighted by molar-refractivity contribution is 5.93. The van der Waals surface area contributed by atoms with Crippen molar-refractivity contribution in [3.05, 3.63) is 78.2 Å². The first-order valence-corrected chi connectivity index (χ1v) is 9.56. The molecule has 0 atom stereocenters. The fourth-order valence-corrected chi connectivity index (χ4v) is 2.80. The van der Waals surface area contributed by atoms with Crippen molar-refractivity contribution in [2.24, 2.45) is 5.92 Å². The zero-order valence-corrected chi connectivity index (χ0v) is 16.0. The molecule has 1 aliphatic carbocycles. The first-order valence-electron chi connectivity index (χ1n) is 9.56. The highest BCUT2D eigenvalue weighted by Gasteiger charge is 2.29. The van der Waals surface area contributed by atoms with Gasteiger partial charge in [0.05, 0.1) is 6.42 Å². The molecule has 2 aromatic carbocycles. The smallest absolute Gasteiger partial charge is 0.315 e. The summed E-state index contributed by atoms with van der Waals surface area (Å²) in [6.45, 7) is 0. The molecule has 3 aromatic rings. The average Bonchev–Trinajstić information content (AvgIpc) is 3.57. The van der Waals surface area contributed by atoms with E-state index in [2.05, 4.69) is 10.3 Å². The van der Waals surface area contributed by atoms with Crippen LogP contribution in [0.25, 0.3) is 0 Å². The normalized spacial score (nSPS) is 12.8. The van der Waals surface area contributed by atoms with Gasteiger partial charge in [0.2, 0.25) is 5.91 Å². The van der Waals surface area contributed by atoms with E-state index in [1.165, 1.54) is 18.3 Å². The molecule has 1 saturated carbocycles. The molecule has 0 spiro atoms. The zero-order valence-electron chi connectivity index (χ0n) is 16.0. The number of benzene rings is 2. The van der Waals surface area contributed by atoms with Gasteiger partial charge < -0.3 is 14.8 Å². The van der Waals surface area contributed by atoms with Crippen LogP contribution in [-0.2, 0) is 16.0 Å². The van der Waals surface area contributed by atoms with Gasteiger partial charge in [0.25, 0.3) is 0 Å². The average molecular weight is 406 g/mol. The van der Waals surface area contributed by atoms with Gasteiger partial charge in [0, 0.05) is 24.2 Å². The molecule has 0 bridgehead atoms. The van der Waals surface area contributed by atoms with E-state index in [-0.39, 0.29) is 29.6 Å². The van der Waals surface area contributed by atoms with Gasteiger partial charge in [-0.05, 0) is 42.7 Å². The highest BCUT2D eigenvalue weighted by atomic mass is 19.1. The predicted molar refractivity (Wildman–Crippen MR) is 108 cm³/mol. The molecule has 7 heteroatoms. The summed E-state index contributed by atoms with van der Waals surface area (Å²) in [5.74, 6) is 0.331. The third-order valence-corrected chi connectivity index (χ3v) is 4.50. The first-order chi connectivity index (χ1) is 14.6. The Labute approximate surface area is 172 Å². The van der Waals surface area contributed by atoms with Crippen LogP contribution in [0.1, 0.15) is 18.4 Å². The number of amides is 1. The van der Waals surface area contributed by atoms with E-state index < -0.39 is 11.8 Å². The van der Waals surface area contributed by atoms with Crippen LogP contribution >= 0.6 is 0 Å². The van der Waals surface area contributed by atoms with Crippen molar-refractivity contribution < 1.29 is 23.5 Å². The van der Waals surface area contributed by atoms with Crippen molar-refractivity contribution in [2.75, 3.05) is 5.32 Å². The Bertz CT molecular complexity index is 1070. The number of aromatic nitrogens is 1. The van der Waals surface area contributed by atoms with Crippen LogP contribution < -0.4 is 14.8 Å². The molecule has 6 nitrogen and oxygen atoms in total. The lowest BCUT2D eigenvalue weighted by Gasteiger charge is -2.10. The zero-order chi connectivity index (χ0) is 20.9. The van der Waals surface area contributed by atoms with Gasteiger partial charge in [-0.1, -0.05) is 24.3 Å². The summed E-state index contributed by atoms with van der Waals surface area (Å²) in [5, 5.41) is 2.74. The van der Waals surface area contributed by atoms with Crippen molar-refractivity contribution in [1.29, 1.82) is 0 Å². The van der Waals surface area contributed by atoms with Gasteiger partial charge in [0.1, 0.15) is 28.9 Å². The molecule has 1 aliphatic rings. The van der Waals surface area contributed by atoms with E-state index in [4.69, 9.17) is 9.47 Å². The maximum atomic E-state index is 14.4. The predicted octanol–water partition coefficient (Wildman–Crippen LogP) is 4.51. The van der Waals surface area contributed by atoms with Crippen LogP contribution in [0, 0.1) is 11.7 Å². The molecule has 1 aromatic heterocycles. The second-order valence-electron chi connectivity index (χ2n) is 6.96. The first kappa shape index (κ1) is 19.6. The summed E-state index contributed by atoms with van der Waals surface area (Å²) in [5.41, 5.74) is 0.204. The van der Waals surface area contributed by atoms with Gasteiger partial charge in [-0.25, -0.2) is 9.37 Å². The monoisotopic (exact) mass is 406 g/mol. The summed E-state index contributed by atoms with van der Waals surface area (Å²) >= 11 is 0. The van der Waals surface area contributed by atoms with Crippen LogP contribution in [0.4, 0.5) is 10.2 Å². The number of para-hydroxylation sites is 1. The lowest BCUT2D eigenvalue weighted by atomic mass is 10.1. The molecule has 1 fully saturated rings. The van der Waals surface area contributed by atoms with Crippen molar-refractivity contribution in [3.63, 3.8) is 0 Å². The second-order valence-corrected chi connectivity index (χ2v) is 6.96. The third-order valence-electron chi connectivity index (χ3n) is 4.50. The molecule has 152 valence electrons. The Kier molecular flexibility index (Phi) is 5.70. The second kappa shape index (κ2) is 8.73. The largest absolute Gasteiger partial charge is 0.457 e. The molecule has 0 radical (unpaired) electrons. The van der Waals surface area contributed by atoms with Crippen LogP contribution in [0.3, 0.4) is 0 Å². The van der Waals surface area contributed by atoms with E-state index >= 15 is 0 Å². The van der Waals surface area contributed by atoms with E-state index in [0.29, 0.717) is 17.3 Å². The molecule has 30 heavy (non-hydrogen) atoms. The Morgan fingerprint density at radius 1 is 1.00 bits per heavy atom. The summed E-state index contributed by atoms with van der Waals surface area (Å²) in [7, 11) is 0. The van der Waals surface area contributed by atoms with Gasteiger partial charge in [-0.2, -0.15) is 0 Å². The third kappa shape index (κ3) is 5.20. The number of carbonyl (C=O) groups excluding carboxylic acids is 2. The standard InChI is InChI=1S/C23H19FN2O4/c24-20-13-18(9-8-16(20)12-22(27)30-17-4-2-1-3-5-17)29-19-10-11-25-21(14-19)26-23(28)15-6-7-15/h1-5,8-11,13-15H,6-7,12H2,(H,25,26,28). The van der Waals surface area contributed by atoms with E-state index in [1.54, 1.807) is 42.5 Å². The fraction of sp³-hybridized carbons (Fsp3) is 0.174. The number of halogens is 1. The SMILES string of the molecule is O=C(Cc1ccc(Oc2ccnc(NC(=O)C3CC3)c2)cc1F)Oc1ccccc1. The molecular formula is C23H19FN2O4. The number of nitrogens with zero attached hydrogens (tertiary/aromatic N) is 1. The molecular weight excluding hydrogens is 387 g/mol. The molecule has 1 heterocycles. The minimum Gasteiger partial charge on any atom is -0.457 e. The van der Waals surface area contributed by atoms with Gasteiger partial charge in [0.15, 0.2) is 0 Å². The minimum absolute atomic E-state index is 0.0579. The van der Waals surface area contributed by atoms with Crippen LogP contribution in [-0.4, -0.2) is 16.9 Å². The maximum Gasteiger partial charge on any atom is 0.315 e. The Hall–Kier alpha value is -3.74. The van der Waals surface area contributed by atoms with E-state index in [1.807, 2.05) is 6.07 Å². The molecule has 1 N–H and O–H groups in total. The number of ether oxygens (including phenoxy) is 2. The fourth-order valence-electron chi connectivity index (χ4n) is 2.80. The van der Waals surface area contributed by atoms with Gasteiger partial charge in [-0.15, -0.1) is 0 Å². The Balaban J connectivity index is 1.38. The molecule has 0 unspecified atom stereocenters. The maximum absolute atomic E-state index is 14.4. The number of pyridine rings is 1. The van der Waals surface area contributed by atoms with E-state index in [9.17, 15) is 14.0 Å². The quantitative estimate of drug-likeness (QED) is 0.461. The summed E-state index contributed by atoms with van der Waals surface area (Å²) in [6.07, 6.45) is 3.09. The topological polar surface area (TPSA) is 77.5 Å². The number of hydrogen-bond donors (Lipinski definition) is 1. The van der Waals surface area contributed by atoms with Crippen molar-refractivity contribution in [3.8, 4) is 17.2 Å². The minimum atomic E-state index is -0.575. The number of hydrogen-bond acceptors (Lipinski definition) is 5. The Morgan fingerprint density at radius 3 is 2.50 bits per heavy atom. The molecule has 1 amide bonds. The van der Waals surface area contributed by atoms with Gasteiger partial charge in [-0.3, -0.25) is 9.59 Å². The number of carbonyl (C=O) groups is 2. The molecule has 0 saturated heterocycles. The lowest BCUT2D eigenvalue weighted by molar-refractivity contribution is -0.133. The summed E-state index contributed by atoms with van der Waals surface area (Å²) in [4.78, 5) is 28.0. The van der Waals surface area contributed by atoms with Crippen molar-refractivity contribution in [2.45, 2.75) is 19.3 Å². The van der Waals surface area contributed by atoms with Crippen molar-refractivity contribution >= 4 is 17.7 Å². The summed E-state index contributed by atoms with van der Waals surface area (Å²) in [6, 6.07) is 16.0. The van der Waals surface area contributed by atoms with Crippen LogP contribution in [0.2, 0.25) is 0 Å². The molecule has 4 rings (SSSR count). The number of esters is 1. The lowest BCUT2D eigenvalue weighted by Crippen LogP contribution is -2.14. The number of nitrogens with one attached hydrogen (secondary N) is 1. The summed E-state index contributed by atoms with van der Waals surface area (Å²) < 4.78 is 25.3. The van der Waals surface area contributed by atoms with Crippen molar-refractivity contribution in [1.82, 2.24) is 4.98 Å². The Morgan fingerprint density at radius 2 is 1.77 bits per heavy atom. The molecule has 0 aliphatic heterocycles. The van der Waals surface area contributed by atoms with Crippen LogP contribution in [0.5, 0.6) is 17.2 Å². The number of anilines is 1. The van der Waals surface area contributed by atoms with E-state index in [0.717, 1.165) is 12.8 Å².